The Balaban J connectivity index is 2.07. The molecular formula is C16H17ClFNS. The third-order valence-electron chi connectivity index (χ3n) is 3.20. The molecule has 0 saturated heterocycles. The molecule has 0 radical (unpaired) electrons. The fourth-order valence-electron chi connectivity index (χ4n) is 1.84. The van der Waals surface area contributed by atoms with E-state index in [1.165, 1.54) is 11.6 Å². The molecule has 0 amide bonds. The molecule has 0 spiro atoms. The number of hydrogen-bond donors (Lipinski definition) is 1. The number of halogens is 2. The molecule has 4 heteroatoms. The zero-order valence-electron chi connectivity index (χ0n) is 11.5. The van der Waals surface area contributed by atoms with Crippen molar-refractivity contribution in [2.75, 3.05) is 7.05 Å². The average Bonchev–Trinajstić information content (AvgIpc) is 2.46. The van der Waals surface area contributed by atoms with Gasteiger partial charge in [-0.25, -0.2) is 4.39 Å². The van der Waals surface area contributed by atoms with Gasteiger partial charge in [-0.05, 0) is 49.4 Å². The van der Waals surface area contributed by atoms with Gasteiger partial charge in [0.25, 0.3) is 0 Å². The van der Waals surface area contributed by atoms with Crippen molar-refractivity contribution >= 4 is 23.4 Å². The molecule has 0 saturated carbocycles. The first-order chi connectivity index (χ1) is 9.60. The molecule has 2 rings (SSSR count). The Hall–Kier alpha value is -1.03. The van der Waals surface area contributed by atoms with Gasteiger partial charge in [-0.2, -0.15) is 0 Å². The number of hydrogen-bond acceptors (Lipinski definition) is 2. The summed E-state index contributed by atoms with van der Waals surface area (Å²) < 4.78 is 13.7. The van der Waals surface area contributed by atoms with Crippen LogP contribution in [0.4, 0.5) is 4.39 Å². The monoisotopic (exact) mass is 309 g/mol. The van der Waals surface area contributed by atoms with Gasteiger partial charge >= 0.3 is 0 Å². The second-order valence-corrected chi connectivity index (χ2v) is 6.09. The van der Waals surface area contributed by atoms with Crippen molar-refractivity contribution in [3.8, 4) is 0 Å². The zero-order valence-corrected chi connectivity index (χ0v) is 13.1. The van der Waals surface area contributed by atoms with Gasteiger partial charge in [-0.3, -0.25) is 0 Å². The van der Waals surface area contributed by atoms with Crippen LogP contribution in [0.15, 0.2) is 47.4 Å². The van der Waals surface area contributed by atoms with Gasteiger partial charge in [0.2, 0.25) is 0 Å². The minimum Gasteiger partial charge on any atom is -0.313 e. The van der Waals surface area contributed by atoms with E-state index in [0.717, 1.165) is 4.90 Å². The predicted molar refractivity (Wildman–Crippen MR) is 84.9 cm³/mol. The zero-order chi connectivity index (χ0) is 14.5. The highest BCUT2D eigenvalue weighted by Crippen LogP contribution is 2.27. The summed E-state index contributed by atoms with van der Waals surface area (Å²) in [5, 5.41) is 3.65. The SMILES string of the molecule is CNC(C)c1cccc(SCc2ccc(Cl)cc2F)c1. The van der Waals surface area contributed by atoms with Crippen LogP contribution >= 0.6 is 23.4 Å². The van der Waals surface area contributed by atoms with Crippen LogP contribution in [0.2, 0.25) is 5.02 Å². The first-order valence-corrected chi connectivity index (χ1v) is 7.80. The summed E-state index contributed by atoms with van der Waals surface area (Å²) in [6, 6.07) is 13.4. The number of benzene rings is 2. The Labute approximate surface area is 128 Å². The van der Waals surface area contributed by atoms with E-state index in [2.05, 4.69) is 24.4 Å². The molecule has 1 atom stereocenters. The highest BCUT2D eigenvalue weighted by Gasteiger charge is 2.06. The molecule has 0 fully saturated rings. The molecule has 0 aliphatic rings. The van der Waals surface area contributed by atoms with E-state index in [1.54, 1.807) is 23.9 Å². The Bertz CT molecular complexity index is 588. The van der Waals surface area contributed by atoms with E-state index in [0.29, 0.717) is 22.4 Å². The van der Waals surface area contributed by atoms with Gasteiger partial charge in [0.15, 0.2) is 0 Å². The van der Waals surface area contributed by atoms with E-state index in [4.69, 9.17) is 11.6 Å². The van der Waals surface area contributed by atoms with Gasteiger partial charge in [-0.15, -0.1) is 11.8 Å². The second-order valence-electron chi connectivity index (χ2n) is 4.61. The summed E-state index contributed by atoms with van der Waals surface area (Å²) in [5.41, 5.74) is 1.90. The lowest BCUT2D eigenvalue weighted by Gasteiger charge is -2.12. The van der Waals surface area contributed by atoms with Crippen molar-refractivity contribution < 1.29 is 4.39 Å². The molecule has 1 unspecified atom stereocenters. The standard InChI is InChI=1S/C16H17ClFNS/c1-11(19-2)12-4-3-5-15(8-12)20-10-13-6-7-14(17)9-16(13)18/h3-9,11,19H,10H2,1-2H3. The molecule has 0 bridgehead atoms. The van der Waals surface area contributed by atoms with Gasteiger partial charge in [0.05, 0.1) is 0 Å². The van der Waals surface area contributed by atoms with E-state index < -0.39 is 0 Å². The highest BCUT2D eigenvalue weighted by atomic mass is 35.5. The first-order valence-electron chi connectivity index (χ1n) is 6.44. The molecule has 1 N–H and O–H groups in total. The smallest absolute Gasteiger partial charge is 0.128 e. The van der Waals surface area contributed by atoms with Crippen LogP contribution in [-0.2, 0) is 5.75 Å². The quantitative estimate of drug-likeness (QED) is 0.775. The van der Waals surface area contributed by atoms with Crippen molar-refractivity contribution in [1.82, 2.24) is 5.32 Å². The van der Waals surface area contributed by atoms with Crippen molar-refractivity contribution in [2.45, 2.75) is 23.6 Å². The lowest BCUT2D eigenvalue weighted by atomic mass is 10.1. The number of thioether (sulfide) groups is 1. The maximum absolute atomic E-state index is 13.7. The highest BCUT2D eigenvalue weighted by molar-refractivity contribution is 7.98. The number of nitrogens with one attached hydrogen (secondary N) is 1. The maximum Gasteiger partial charge on any atom is 0.128 e. The Morgan fingerprint density at radius 1 is 1.25 bits per heavy atom. The van der Waals surface area contributed by atoms with Crippen molar-refractivity contribution in [3.05, 3.63) is 64.4 Å². The van der Waals surface area contributed by atoms with Gasteiger partial charge in [-0.1, -0.05) is 29.8 Å². The summed E-state index contributed by atoms with van der Waals surface area (Å²) in [5.74, 6) is 0.352. The van der Waals surface area contributed by atoms with Crippen LogP contribution < -0.4 is 5.32 Å². The molecule has 2 aromatic rings. The van der Waals surface area contributed by atoms with E-state index >= 15 is 0 Å². The summed E-state index contributed by atoms with van der Waals surface area (Å²) in [6.07, 6.45) is 0. The van der Waals surface area contributed by atoms with Crippen LogP contribution in [0.1, 0.15) is 24.1 Å². The molecular weight excluding hydrogens is 293 g/mol. The average molecular weight is 310 g/mol. The van der Waals surface area contributed by atoms with Crippen LogP contribution in [0.5, 0.6) is 0 Å². The molecule has 1 nitrogen and oxygen atoms in total. The minimum absolute atomic E-state index is 0.246. The summed E-state index contributed by atoms with van der Waals surface area (Å²) in [7, 11) is 1.94. The van der Waals surface area contributed by atoms with Crippen LogP contribution in [-0.4, -0.2) is 7.05 Å². The third kappa shape index (κ3) is 3.98. The van der Waals surface area contributed by atoms with Crippen LogP contribution in [0, 0.1) is 5.82 Å². The molecule has 106 valence electrons. The van der Waals surface area contributed by atoms with Crippen molar-refractivity contribution in [3.63, 3.8) is 0 Å². The molecule has 20 heavy (non-hydrogen) atoms. The normalized spacial score (nSPS) is 12.4. The minimum atomic E-state index is -0.246. The molecule has 2 aromatic carbocycles. The Kier molecular flexibility index (Phi) is 5.46. The summed E-state index contributed by atoms with van der Waals surface area (Å²) >= 11 is 7.38. The van der Waals surface area contributed by atoms with E-state index in [-0.39, 0.29) is 5.82 Å². The Morgan fingerprint density at radius 3 is 2.75 bits per heavy atom. The summed E-state index contributed by atoms with van der Waals surface area (Å²) in [6.45, 7) is 2.11. The van der Waals surface area contributed by atoms with Crippen molar-refractivity contribution in [1.29, 1.82) is 0 Å². The lowest BCUT2D eigenvalue weighted by Crippen LogP contribution is -2.11. The first kappa shape index (κ1) is 15.4. The third-order valence-corrected chi connectivity index (χ3v) is 4.48. The largest absolute Gasteiger partial charge is 0.313 e. The van der Waals surface area contributed by atoms with Crippen LogP contribution in [0.25, 0.3) is 0 Å². The predicted octanol–water partition coefficient (Wildman–Crippen LogP) is 5.05. The fraction of sp³-hybridized carbons (Fsp3) is 0.250. The summed E-state index contributed by atoms with van der Waals surface area (Å²) in [4.78, 5) is 1.14. The van der Waals surface area contributed by atoms with Crippen LogP contribution in [0.3, 0.4) is 0 Å². The fourth-order valence-corrected chi connectivity index (χ4v) is 2.95. The molecule has 0 aliphatic carbocycles. The lowest BCUT2D eigenvalue weighted by molar-refractivity contribution is 0.617. The van der Waals surface area contributed by atoms with E-state index in [9.17, 15) is 4.39 Å². The molecule has 0 heterocycles. The second kappa shape index (κ2) is 7.11. The van der Waals surface area contributed by atoms with Crippen molar-refractivity contribution in [2.24, 2.45) is 0 Å². The number of rotatable bonds is 5. The van der Waals surface area contributed by atoms with Gasteiger partial charge in [0, 0.05) is 21.7 Å². The Morgan fingerprint density at radius 2 is 2.05 bits per heavy atom. The van der Waals surface area contributed by atoms with Gasteiger partial charge in [0.1, 0.15) is 5.82 Å². The molecule has 0 aliphatic heterocycles. The molecule has 0 aromatic heterocycles. The maximum atomic E-state index is 13.7. The van der Waals surface area contributed by atoms with E-state index in [1.807, 2.05) is 19.2 Å². The van der Waals surface area contributed by atoms with Gasteiger partial charge < -0.3 is 5.32 Å². The topological polar surface area (TPSA) is 12.0 Å².